The molecule has 1 atom stereocenters. The third kappa shape index (κ3) is 3.88. The molecule has 9 heteroatoms. The summed E-state index contributed by atoms with van der Waals surface area (Å²) in [5.74, 6) is -0.301. The fourth-order valence-corrected chi connectivity index (χ4v) is 6.63. The number of rotatable bonds is 5. The summed E-state index contributed by atoms with van der Waals surface area (Å²) >= 11 is 8.40. The average Bonchev–Trinajstić information content (AvgIpc) is 3.24. The highest BCUT2D eigenvalue weighted by Gasteiger charge is 2.40. The van der Waals surface area contributed by atoms with E-state index in [1.165, 1.54) is 22.1 Å². The number of thioether (sulfide) groups is 1. The summed E-state index contributed by atoms with van der Waals surface area (Å²) in [5.41, 5.74) is 0.698. The second-order valence-corrected chi connectivity index (χ2v) is 10.2. The Balaban J connectivity index is 1.83. The Morgan fingerprint density at radius 2 is 2.08 bits per heavy atom. The molecule has 0 aliphatic carbocycles. The molecule has 0 bridgehead atoms. The first-order valence-electron chi connectivity index (χ1n) is 7.64. The molecule has 0 radical (unpaired) electrons. The van der Waals surface area contributed by atoms with Crippen LogP contribution in [-0.2, 0) is 14.8 Å². The summed E-state index contributed by atoms with van der Waals surface area (Å²) in [6.07, 6.45) is 3.09. The molecule has 1 saturated heterocycles. The van der Waals surface area contributed by atoms with E-state index in [1.807, 2.05) is 30.5 Å². The zero-order valence-electron chi connectivity index (χ0n) is 13.4. The summed E-state index contributed by atoms with van der Waals surface area (Å²) in [7, 11) is -3.72. The van der Waals surface area contributed by atoms with Crippen LogP contribution in [0.5, 0.6) is 0 Å². The number of nitrogens with zero attached hydrogens (tertiary/aromatic N) is 1. The van der Waals surface area contributed by atoms with E-state index in [9.17, 15) is 13.2 Å². The number of carbonyl (C=O) groups excluding carboxylic acids is 1. The van der Waals surface area contributed by atoms with Gasteiger partial charge in [0.1, 0.15) is 10.3 Å². The van der Waals surface area contributed by atoms with Crippen molar-refractivity contribution in [3.05, 3.63) is 40.7 Å². The van der Waals surface area contributed by atoms with Crippen molar-refractivity contribution in [2.75, 3.05) is 18.1 Å². The predicted molar refractivity (Wildman–Crippen MR) is 103 cm³/mol. The minimum absolute atomic E-state index is 0.168. The van der Waals surface area contributed by atoms with Crippen molar-refractivity contribution >= 4 is 56.3 Å². The molecule has 1 amide bonds. The van der Waals surface area contributed by atoms with E-state index >= 15 is 0 Å². The van der Waals surface area contributed by atoms with E-state index in [1.54, 1.807) is 6.07 Å². The Morgan fingerprint density at radius 1 is 1.32 bits per heavy atom. The number of halogens is 1. The smallest absolute Gasteiger partial charge is 0.253 e. The van der Waals surface area contributed by atoms with E-state index in [2.05, 4.69) is 5.32 Å². The van der Waals surface area contributed by atoms with Crippen molar-refractivity contribution in [1.29, 1.82) is 0 Å². The van der Waals surface area contributed by atoms with E-state index in [-0.39, 0.29) is 10.1 Å². The van der Waals surface area contributed by atoms with Crippen molar-refractivity contribution in [1.82, 2.24) is 4.31 Å². The minimum Gasteiger partial charge on any atom is -0.324 e. The molecule has 5 nitrogen and oxygen atoms in total. The lowest BCUT2D eigenvalue weighted by atomic mass is 10.2. The molecular weight excluding hydrogens is 400 g/mol. The lowest BCUT2D eigenvalue weighted by Crippen LogP contribution is -2.42. The number of amides is 1. The molecule has 2 heterocycles. The van der Waals surface area contributed by atoms with Gasteiger partial charge in [-0.3, -0.25) is 4.79 Å². The van der Waals surface area contributed by atoms with Gasteiger partial charge in [0.15, 0.2) is 0 Å². The normalized spacial score (nSPS) is 18.4. The molecule has 0 spiro atoms. The largest absolute Gasteiger partial charge is 0.324 e. The Hall–Kier alpha value is -1.06. The molecule has 134 valence electrons. The number of para-hydroxylation sites is 1. The zero-order valence-corrected chi connectivity index (χ0v) is 16.6. The highest BCUT2D eigenvalue weighted by molar-refractivity contribution is 7.98. The standard InChI is InChI=1S/C16H17ClN2O3S3/c1-23-13-7-3-2-5-11(13)18-16(20)12-6-4-10-19(12)25(21,22)15-9-8-14(17)24-15/h2-3,5,7-9,12H,4,6,10H2,1H3,(H,18,20). The van der Waals surface area contributed by atoms with Gasteiger partial charge in [0.05, 0.1) is 10.0 Å². The fraction of sp³-hybridized carbons (Fsp3) is 0.312. The van der Waals surface area contributed by atoms with Crippen molar-refractivity contribution in [3.8, 4) is 0 Å². The Bertz CT molecular complexity index is 882. The molecule has 0 saturated carbocycles. The van der Waals surface area contributed by atoms with Crippen LogP contribution in [0.1, 0.15) is 12.8 Å². The minimum atomic E-state index is -3.72. The zero-order chi connectivity index (χ0) is 18.0. The van der Waals surface area contributed by atoms with Crippen LogP contribution in [0.2, 0.25) is 4.34 Å². The van der Waals surface area contributed by atoms with Crippen LogP contribution in [0.3, 0.4) is 0 Å². The molecule has 1 fully saturated rings. The molecule has 1 aromatic heterocycles. The Morgan fingerprint density at radius 3 is 2.76 bits per heavy atom. The van der Waals surface area contributed by atoms with E-state index in [0.29, 0.717) is 29.4 Å². The molecule has 1 aliphatic rings. The van der Waals surface area contributed by atoms with Crippen molar-refractivity contribution in [2.45, 2.75) is 28.0 Å². The number of thiophene rings is 1. The second kappa shape index (κ2) is 7.67. The highest BCUT2D eigenvalue weighted by Crippen LogP contribution is 2.33. The van der Waals surface area contributed by atoms with Crippen molar-refractivity contribution in [3.63, 3.8) is 0 Å². The van der Waals surface area contributed by atoms with Gasteiger partial charge < -0.3 is 5.32 Å². The van der Waals surface area contributed by atoms with Gasteiger partial charge in [0, 0.05) is 11.4 Å². The number of carbonyl (C=O) groups is 1. The lowest BCUT2D eigenvalue weighted by Gasteiger charge is -2.23. The van der Waals surface area contributed by atoms with Crippen molar-refractivity contribution in [2.24, 2.45) is 0 Å². The Labute approximate surface area is 160 Å². The Kier molecular flexibility index (Phi) is 5.75. The SMILES string of the molecule is CSc1ccccc1NC(=O)C1CCCN1S(=O)(=O)c1ccc(Cl)s1. The molecule has 1 aliphatic heterocycles. The lowest BCUT2D eigenvalue weighted by molar-refractivity contribution is -0.119. The third-order valence-electron chi connectivity index (χ3n) is 3.98. The molecule has 25 heavy (non-hydrogen) atoms. The fourth-order valence-electron chi connectivity index (χ4n) is 2.81. The first-order chi connectivity index (χ1) is 11.9. The summed E-state index contributed by atoms with van der Waals surface area (Å²) in [4.78, 5) is 13.7. The van der Waals surface area contributed by atoms with E-state index in [0.717, 1.165) is 16.2 Å². The summed E-state index contributed by atoms with van der Waals surface area (Å²) in [5, 5.41) is 2.87. The average molecular weight is 417 g/mol. The van der Waals surface area contributed by atoms with Gasteiger partial charge in [0.25, 0.3) is 10.0 Å². The van der Waals surface area contributed by atoms with Crippen LogP contribution in [-0.4, -0.2) is 37.5 Å². The molecule has 1 aromatic carbocycles. The van der Waals surface area contributed by atoms with Gasteiger partial charge in [-0.2, -0.15) is 4.31 Å². The molecule has 1 unspecified atom stereocenters. The quantitative estimate of drug-likeness (QED) is 0.750. The van der Waals surface area contributed by atoms with Crippen LogP contribution in [0.25, 0.3) is 0 Å². The number of hydrogen-bond acceptors (Lipinski definition) is 5. The van der Waals surface area contributed by atoms with Gasteiger partial charge in [-0.1, -0.05) is 23.7 Å². The maximum absolute atomic E-state index is 12.8. The number of nitrogens with one attached hydrogen (secondary N) is 1. The third-order valence-corrected chi connectivity index (χ3v) is 8.39. The number of sulfonamides is 1. The summed E-state index contributed by atoms with van der Waals surface area (Å²) in [6, 6.07) is 9.80. The first kappa shape index (κ1) is 18.7. The summed E-state index contributed by atoms with van der Waals surface area (Å²) < 4.78 is 27.5. The monoisotopic (exact) mass is 416 g/mol. The molecular formula is C16H17ClN2O3S3. The van der Waals surface area contributed by atoms with Gasteiger partial charge >= 0.3 is 0 Å². The highest BCUT2D eigenvalue weighted by atomic mass is 35.5. The topological polar surface area (TPSA) is 66.5 Å². The van der Waals surface area contributed by atoms with Crippen LogP contribution in [0.4, 0.5) is 5.69 Å². The second-order valence-electron chi connectivity index (χ2n) is 5.52. The molecule has 1 N–H and O–H groups in total. The van der Waals surface area contributed by atoms with Gasteiger partial charge in [0.2, 0.25) is 5.91 Å². The maximum Gasteiger partial charge on any atom is 0.253 e. The van der Waals surface area contributed by atoms with Crippen LogP contribution in [0.15, 0.2) is 45.5 Å². The van der Waals surface area contributed by atoms with Crippen molar-refractivity contribution < 1.29 is 13.2 Å². The van der Waals surface area contributed by atoms with Gasteiger partial charge in [-0.05, 0) is 43.4 Å². The first-order valence-corrected chi connectivity index (χ1v) is 11.5. The predicted octanol–water partition coefficient (Wildman–Crippen LogP) is 3.92. The van der Waals surface area contributed by atoms with Gasteiger partial charge in [-0.25, -0.2) is 8.42 Å². The number of anilines is 1. The molecule has 2 aromatic rings. The van der Waals surface area contributed by atoms with Crippen LogP contribution >= 0.6 is 34.7 Å². The maximum atomic E-state index is 12.8. The van der Waals surface area contributed by atoms with E-state index in [4.69, 9.17) is 11.6 Å². The van der Waals surface area contributed by atoms with Crippen LogP contribution in [0, 0.1) is 0 Å². The molecule has 3 rings (SSSR count). The number of hydrogen-bond donors (Lipinski definition) is 1. The number of benzene rings is 1. The van der Waals surface area contributed by atoms with Crippen LogP contribution < -0.4 is 5.32 Å². The van der Waals surface area contributed by atoms with Gasteiger partial charge in [-0.15, -0.1) is 23.1 Å². The van der Waals surface area contributed by atoms with E-state index < -0.39 is 16.1 Å². The summed E-state index contributed by atoms with van der Waals surface area (Å²) in [6.45, 7) is 0.333.